The number of fused-ring (bicyclic) bond motifs is 1. The van der Waals surface area contributed by atoms with Crippen molar-refractivity contribution in [2.24, 2.45) is 0 Å². The maximum Gasteiger partial charge on any atom is 0.195 e. The van der Waals surface area contributed by atoms with Crippen molar-refractivity contribution in [3.8, 4) is 0 Å². The van der Waals surface area contributed by atoms with E-state index in [4.69, 9.17) is 9.84 Å². The number of aromatic nitrogens is 1. The molecule has 2 aromatic rings. The molecule has 6 nitrogen and oxygen atoms in total. The number of nitrogens with zero attached hydrogens (tertiary/aromatic N) is 2. The van der Waals surface area contributed by atoms with Crippen LogP contribution in [0.25, 0.3) is 10.8 Å². The predicted octanol–water partition coefficient (Wildman–Crippen LogP) is 4.17. The second-order valence-electron chi connectivity index (χ2n) is 7.87. The van der Waals surface area contributed by atoms with E-state index in [0.717, 1.165) is 5.39 Å². The predicted molar refractivity (Wildman–Crippen MR) is 119 cm³/mol. The molecule has 0 amide bonds. The van der Waals surface area contributed by atoms with Gasteiger partial charge >= 0.3 is 0 Å². The highest BCUT2D eigenvalue weighted by Crippen LogP contribution is 2.33. The number of aliphatic hydroxyl groups is 1. The fourth-order valence-corrected chi connectivity index (χ4v) is 5.73. The van der Waals surface area contributed by atoms with E-state index < -0.39 is 20.8 Å². The summed E-state index contributed by atoms with van der Waals surface area (Å²) in [4.78, 5) is 6.21. The SMILES string of the molecule is C[CH][C@@H](N(CCCCO)COC(C)(C)C)S(=O)(=O)c1cccc2cncc(Br)c12. The molecule has 1 heterocycles. The van der Waals surface area contributed by atoms with Crippen LogP contribution >= 0.6 is 15.9 Å². The molecule has 1 aromatic heterocycles. The largest absolute Gasteiger partial charge is 0.396 e. The average Bonchev–Trinajstić information content (AvgIpc) is 2.65. The minimum absolute atomic E-state index is 0.0739. The fourth-order valence-electron chi connectivity index (χ4n) is 3.08. The Morgan fingerprint density at radius 2 is 2.00 bits per heavy atom. The standard InChI is InChI=1S/C21H30BrN2O4S/c1-5-19(24(11-6-7-12-25)15-28-21(2,3)4)29(26,27)18-10-8-9-16-13-23-14-17(22)20(16)18/h5,8-10,13-14,19,25H,6-7,11-12,15H2,1-4H3/t19-/m0/s1. The van der Waals surface area contributed by atoms with Crippen molar-refractivity contribution in [2.45, 2.75) is 56.4 Å². The van der Waals surface area contributed by atoms with Gasteiger partial charge in [-0.2, -0.15) is 0 Å². The van der Waals surface area contributed by atoms with Crippen molar-refractivity contribution in [1.29, 1.82) is 0 Å². The summed E-state index contributed by atoms with van der Waals surface area (Å²) < 4.78 is 34.0. The molecule has 0 aliphatic rings. The Balaban J connectivity index is 2.47. The summed E-state index contributed by atoms with van der Waals surface area (Å²) in [6.07, 6.45) is 6.23. The van der Waals surface area contributed by atoms with Gasteiger partial charge in [-0.25, -0.2) is 8.42 Å². The number of pyridine rings is 1. The van der Waals surface area contributed by atoms with Gasteiger partial charge in [-0.1, -0.05) is 19.1 Å². The Bertz CT molecular complexity index is 907. The summed E-state index contributed by atoms with van der Waals surface area (Å²) in [5, 5.41) is 9.67. The first-order valence-corrected chi connectivity index (χ1v) is 12.0. The van der Waals surface area contributed by atoms with Gasteiger partial charge in [0.1, 0.15) is 12.1 Å². The average molecular weight is 486 g/mol. The molecular formula is C21H30BrN2O4S. The van der Waals surface area contributed by atoms with Gasteiger partial charge in [0.05, 0.1) is 10.5 Å². The molecule has 8 heteroatoms. The quantitative estimate of drug-likeness (QED) is 0.401. The Morgan fingerprint density at radius 3 is 2.62 bits per heavy atom. The van der Waals surface area contributed by atoms with Crippen molar-refractivity contribution in [3.05, 3.63) is 41.5 Å². The molecule has 2 rings (SSSR count). The normalized spacial score (nSPS) is 13.9. The number of unbranched alkanes of at least 4 members (excludes halogenated alkanes) is 1. The van der Waals surface area contributed by atoms with Crippen molar-refractivity contribution in [1.82, 2.24) is 9.88 Å². The zero-order chi connectivity index (χ0) is 21.7. The zero-order valence-electron chi connectivity index (χ0n) is 17.4. The van der Waals surface area contributed by atoms with E-state index in [0.29, 0.717) is 29.2 Å². The summed E-state index contributed by atoms with van der Waals surface area (Å²) in [5.41, 5.74) is -0.397. The van der Waals surface area contributed by atoms with Crippen LogP contribution in [-0.2, 0) is 14.6 Å². The van der Waals surface area contributed by atoms with E-state index in [2.05, 4.69) is 20.9 Å². The van der Waals surface area contributed by atoms with Gasteiger partial charge in [-0.15, -0.1) is 0 Å². The van der Waals surface area contributed by atoms with E-state index in [1.165, 1.54) is 0 Å². The summed E-state index contributed by atoms with van der Waals surface area (Å²) in [7, 11) is -3.73. The molecule has 161 valence electrons. The van der Waals surface area contributed by atoms with Gasteiger partial charge in [0.2, 0.25) is 0 Å². The lowest BCUT2D eigenvalue weighted by atomic mass is 10.2. The van der Waals surface area contributed by atoms with E-state index >= 15 is 0 Å². The Kier molecular flexibility index (Phi) is 8.60. The number of hydrogen-bond donors (Lipinski definition) is 1. The van der Waals surface area contributed by atoms with Crippen LogP contribution in [0.1, 0.15) is 40.5 Å². The minimum Gasteiger partial charge on any atom is -0.396 e. The maximum atomic E-state index is 13.7. The first-order chi connectivity index (χ1) is 13.6. The monoisotopic (exact) mass is 485 g/mol. The Morgan fingerprint density at radius 1 is 1.28 bits per heavy atom. The number of halogens is 1. The van der Waals surface area contributed by atoms with Gasteiger partial charge in [0.15, 0.2) is 9.84 Å². The van der Waals surface area contributed by atoms with Gasteiger partial charge in [-0.05, 0) is 62.0 Å². The van der Waals surface area contributed by atoms with Crippen LogP contribution in [0.4, 0.5) is 0 Å². The minimum atomic E-state index is -3.73. The second-order valence-corrected chi connectivity index (χ2v) is 10.7. The number of sulfone groups is 1. The second kappa shape index (κ2) is 10.3. The molecule has 1 radical (unpaired) electrons. The number of aliphatic hydroxyl groups excluding tert-OH is 1. The number of ether oxygens (including phenoxy) is 1. The lowest BCUT2D eigenvalue weighted by molar-refractivity contribution is -0.0655. The van der Waals surface area contributed by atoms with E-state index in [1.54, 1.807) is 37.9 Å². The molecule has 0 saturated heterocycles. The number of rotatable bonds is 10. The summed E-state index contributed by atoms with van der Waals surface area (Å²) in [6, 6.07) is 5.21. The molecule has 1 atom stereocenters. The van der Waals surface area contributed by atoms with E-state index in [1.807, 2.05) is 31.7 Å². The van der Waals surface area contributed by atoms with Crippen LogP contribution in [0.15, 0.2) is 40.0 Å². The third kappa shape index (κ3) is 6.21. The number of hydrogen-bond acceptors (Lipinski definition) is 6. The van der Waals surface area contributed by atoms with Gasteiger partial charge in [0.25, 0.3) is 0 Å². The molecule has 0 saturated carbocycles. The lowest BCUT2D eigenvalue weighted by Gasteiger charge is -2.33. The Hall–Kier alpha value is -1.06. The van der Waals surface area contributed by atoms with Crippen molar-refractivity contribution in [2.75, 3.05) is 19.9 Å². The molecule has 0 spiro atoms. The highest BCUT2D eigenvalue weighted by Gasteiger charge is 2.34. The molecule has 0 bridgehead atoms. The van der Waals surface area contributed by atoms with Crippen LogP contribution in [0, 0.1) is 6.42 Å². The fraction of sp³-hybridized carbons (Fsp3) is 0.524. The van der Waals surface area contributed by atoms with Crippen LogP contribution in [-0.4, -0.2) is 54.3 Å². The zero-order valence-corrected chi connectivity index (χ0v) is 19.8. The summed E-state index contributed by atoms with van der Waals surface area (Å²) in [5.74, 6) is 0. The summed E-state index contributed by atoms with van der Waals surface area (Å²) >= 11 is 3.45. The molecule has 0 aliphatic carbocycles. The van der Waals surface area contributed by atoms with E-state index in [-0.39, 0.29) is 18.2 Å². The topological polar surface area (TPSA) is 79.7 Å². The molecule has 1 N–H and O–H groups in total. The lowest BCUT2D eigenvalue weighted by Crippen LogP contribution is -2.44. The van der Waals surface area contributed by atoms with E-state index in [9.17, 15) is 8.42 Å². The molecule has 1 aromatic carbocycles. The highest BCUT2D eigenvalue weighted by atomic mass is 79.9. The first-order valence-electron chi connectivity index (χ1n) is 9.66. The third-order valence-corrected chi connectivity index (χ3v) is 7.25. The van der Waals surface area contributed by atoms with Crippen LogP contribution in [0.3, 0.4) is 0 Å². The van der Waals surface area contributed by atoms with Gasteiger partial charge < -0.3 is 9.84 Å². The van der Waals surface area contributed by atoms with Gasteiger partial charge in [0, 0.05) is 40.8 Å². The van der Waals surface area contributed by atoms with Gasteiger partial charge in [-0.3, -0.25) is 9.88 Å². The van der Waals surface area contributed by atoms with Crippen LogP contribution in [0.5, 0.6) is 0 Å². The maximum absolute atomic E-state index is 13.7. The van der Waals surface area contributed by atoms with Crippen molar-refractivity contribution >= 4 is 36.5 Å². The summed E-state index contributed by atoms with van der Waals surface area (Å²) in [6.45, 7) is 8.31. The molecular weight excluding hydrogens is 456 g/mol. The smallest absolute Gasteiger partial charge is 0.195 e. The molecule has 0 aliphatic heterocycles. The number of benzene rings is 1. The van der Waals surface area contributed by atoms with Crippen molar-refractivity contribution in [3.63, 3.8) is 0 Å². The van der Waals surface area contributed by atoms with Crippen LogP contribution < -0.4 is 0 Å². The molecule has 29 heavy (non-hydrogen) atoms. The Labute approximate surface area is 182 Å². The highest BCUT2D eigenvalue weighted by molar-refractivity contribution is 9.10. The molecule has 0 fully saturated rings. The van der Waals surface area contributed by atoms with Crippen molar-refractivity contribution < 1.29 is 18.3 Å². The third-order valence-electron chi connectivity index (χ3n) is 4.49. The molecule has 0 unspecified atom stereocenters. The first kappa shape index (κ1) is 24.2. The van der Waals surface area contributed by atoms with Crippen LogP contribution in [0.2, 0.25) is 0 Å².